The lowest BCUT2D eigenvalue weighted by Gasteiger charge is -2.32. The van der Waals surface area contributed by atoms with Crippen LogP contribution in [-0.2, 0) is 19.1 Å². The van der Waals surface area contributed by atoms with Crippen LogP contribution < -0.4 is 5.32 Å². The number of benzene rings is 1. The van der Waals surface area contributed by atoms with Crippen molar-refractivity contribution in [2.75, 3.05) is 6.26 Å². The molecular formula is C19H22N2O4S2. The highest BCUT2D eigenvalue weighted by Gasteiger charge is 2.37. The Morgan fingerprint density at radius 1 is 1.19 bits per heavy atom. The molecule has 27 heavy (non-hydrogen) atoms. The molecule has 2 aromatic rings. The Balaban J connectivity index is 2.13. The van der Waals surface area contributed by atoms with E-state index in [1.54, 1.807) is 0 Å². The molecule has 144 valence electrons. The van der Waals surface area contributed by atoms with E-state index in [4.69, 9.17) is 4.18 Å². The second-order valence-electron chi connectivity index (χ2n) is 7.39. The Labute approximate surface area is 163 Å². The molecule has 0 saturated carbocycles. The third kappa shape index (κ3) is 4.39. The highest BCUT2D eigenvalue weighted by atomic mass is 32.2. The molecule has 8 heteroatoms. The first kappa shape index (κ1) is 19.6. The number of thiazole rings is 1. The minimum Gasteiger partial charge on any atom is -0.386 e. The summed E-state index contributed by atoms with van der Waals surface area (Å²) >= 11 is 1.46. The van der Waals surface area contributed by atoms with E-state index in [9.17, 15) is 13.2 Å². The van der Waals surface area contributed by atoms with Crippen LogP contribution >= 0.6 is 11.3 Å². The van der Waals surface area contributed by atoms with Gasteiger partial charge in [-0.2, -0.15) is 8.42 Å². The summed E-state index contributed by atoms with van der Waals surface area (Å²) in [5.41, 5.74) is 2.13. The number of nitrogens with one attached hydrogen (secondary N) is 1. The van der Waals surface area contributed by atoms with Crippen molar-refractivity contribution in [2.24, 2.45) is 0 Å². The summed E-state index contributed by atoms with van der Waals surface area (Å²) in [5, 5.41) is 3.67. The van der Waals surface area contributed by atoms with Gasteiger partial charge in [-0.25, -0.2) is 4.98 Å². The second-order valence-corrected chi connectivity index (χ2v) is 10.2. The van der Waals surface area contributed by atoms with Crippen molar-refractivity contribution in [3.05, 3.63) is 46.2 Å². The zero-order valence-corrected chi connectivity index (χ0v) is 17.5. The van der Waals surface area contributed by atoms with Gasteiger partial charge in [0, 0.05) is 22.4 Å². The predicted octanol–water partition coefficient (Wildman–Crippen LogP) is 3.41. The maximum Gasteiger partial charge on any atom is 0.305 e. The first-order valence-corrected chi connectivity index (χ1v) is 11.1. The quantitative estimate of drug-likeness (QED) is 0.787. The highest BCUT2D eigenvalue weighted by Crippen LogP contribution is 2.37. The maximum atomic E-state index is 12.8. The molecule has 0 aliphatic carbocycles. The van der Waals surface area contributed by atoms with Crippen LogP contribution in [0.3, 0.4) is 0 Å². The lowest BCUT2D eigenvalue weighted by atomic mass is 9.91. The van der Waals surface area contributed by atoms with E-state index in [0.29, 0.717) is 5.69 Å². The number of nitrogens with zero attached hydrogens (tertiary/aromatic N) is 1. The van der Waals surface area contributed by atoms with Crippen molar-refractivity contribution in [3.8, 4) is 10.6 Å². The van der Waals surface area contributed by atoms with E-state index in [-0.39, 0.29) is 23.7 Å². The molecule has 0 bridgehead atoms. The maximum absolute atomic E-state index is 12.8. The van der Waals surface area contributed by atoms with Crippen LogP contribution in [0.2, 0.25) is 0 Å². The Hall–Kier alpha value is -2.19. The van der Waals surface area contributed by atoms with Crippen LogP contribution in [0.15, 0.2) is 30.0 Å². The summed E-state index contributed by atoms with van der Waals surface area (Å²) in [6.07, 6.45) is 1.24. The average molecular weight is 407 g/mol. The Bertz CT molecular complexity index is 1030. The van der Waals surface area contributed by atoms with Gasteiger partial charge >= 0.3 is 10.1 Å². The van der Waals surface area contributed by atoms with Crippen LogP contribution in [0.4, 0.5) is 0 Å². The smallest absolute Gasteiger partial charge is 0.305 e. The van der Waals surface area contributed by atoms with Crippen molar-refractivity contribution in [1.82, 2.24) is 10.3 Å². The minimum absolute atomic E-state index is 0.134. The molecule has 1 amide bonds. The second kappa shape index (κ2) is 6.76. The van der Waals surface area contributed by atoms with Crippen LogP contribution in [0.25, 0.3) is 16.1 Å². The van der Waals surface area contributed by atoms with Gasteiger partial charge in [0.2, 0.25) is 0 Å². The number of rotatable bonds is 4. The average Bonchev–Trinajstić information content (AvgIpc) is 2.86. The molecule has 1 aliphatic rings. The molecule has 0 saturated heterocycles. The molecule has 0 atom stereocenters. The zero-order chi connectivity index (χ0) is 20.0. The van der Waals surface area contributed by atoms with E-state index in [1.165, 1.54) is 11.3 Å². The fraction of sp³-hybridized carbons (Fsp3) is 0.368. The van der Waals surface area contributed by atoms with Gasteiger partial charge in [-0.3, -0.25) is 4.79 Å². The molecule has 1 N–H and O–H groups in total. The number of carbonyl (C=O) groups is 1. The first-order valence-electron chi connectivity index (χ1n) is 8.45. The van der Waals surface area contributed by atoms with Crippen molar-refractivity contribution in [2.45, 2.75) is 39.7 Å². The van der Waals surface area contributed by atoms with E-state index >= 15 is 0 Å². The van der Waals surface area contributed by atoms with Crippen molar-refractivity contribution in [1.29, 1.82) is 0 Å². The molecule has 3 rings (SSSR count). The number of hydrogen-bond acceptors (Lipinski definition) is 6. The monoisotopic (exact) mass is 406 g/mol. The first-order chi connectivity index (χ1) is 12.5. The Morgan fingerprint density at radius 2 is 1.81 bits per heavy atom. The van der Waals surface area contributed by atoms with Gasteiger partial charge in [0.25, 0.3) is 5.91 Å². The van der Waals surface area contributed by atoms with Gasteiger partial charge in [0.15, 0.2) is 0 Å². The molecule has 2 heterocycles. The molecular weight excluding hydrogens is 384 g/mol. The van der Waals surface area contributed by atoms with Gasteiger partial charge in [-0.15, -0.1) is 11.3 Å². The van der Waals surface area contributed by atoms with Gasteiger partial charge in [0.1, 0.15) is 16.3 Å². The minimum atomic E-state index is -3.76. The summed E-state index contributed by atoms with van der Waals surface area (Å²) in [7, 11) is -3.76. The Morgan fingerprint density at radius 3 is 2.41 bits per heavy atom. The summed E-state index contributed by atoms with van der Waals surface area (Å²) in [6.45, 7) is 7.51. The van der Waals surface area contributed by atoms with Gasteiger partial charge in [0.05, 0.1) is 11.9 Å². The lowest BCUT2D eigenvalue weighted by molar-refractivity contribution is -0.117. The molecule has 6 nitrogen and oxygen atoms in total. The molecule has 0 spiro atoms. The predicted molar refractivity (Wildman–Crippen MR) is 107 cm³/mol. The standard InChI is InChI=1S/C19H22N2O4S2/c1-11-6-8-13(9-7-11)18-20-16(12(2)26-18)15-14(25-27(5,23)24)10-19(3,4)21-17(15)22/h6-9H,10H2,1-5H3,(H,21,22). The molecule has 1 aromatic carbocycles. The Kier molecular flexibility index (Phi) is 4.90. The SMILES string of the molecule is Cc1ccc(-c2nc(C3=C(OS(C)(=O)=O)CC(C)(C)NC3=O)c(C)s2)cc1. The van der Waals surface area contributed by atoms with E-state index in [2.05, 4.69) is 10.3 Å². The van der Waals surface area contributed by atoms with Crippen molar-refractivity contribution >= 4 is 32.9 Å². The van der Waals surface area contributed by atoms with Crippen molar-refractivity contribution in [3.63, 3.8) is 0 Å². The number of aromatic nitrogens is 1. The number of aryl methyl sites for hydroxylation is 2. The van der Waals surface area contributed by atoms with Gasteiger partial charge in [-0.05, 0) is 27.7 Å². The number of amides is 1. The molecule has 0 fully saturated rings. The largest absolute Gasteiger partial charge is 0.386 e. The topological polar surface area (TPSA) is 85.4 Å². The van der Waals surface area contributed by atoms with E-state index in [1.807, 2.05) is 52.0 Å². The fourth-order valence-corrected chi connectivity index (χ4v) is 4.40. The lowest BCUT2D eigenvalue weighted by Crippen LogP contribution is -2.48. The molecule has 0 radical (unpaired) electrons. The molecule has 1 aliphatic heterocycles. The summed E-state index contributed by atoms with van der Waals surface area (Å²) in [6, 6.07) is 7.95. The molecule has 0 unspecified atom stereocenters. The third-order valence-corrected chi connectivity index (χ3v) is 5.67. The van der Waals surface area contributed by atoms with Gasteiger partial charge in [-0.1, -0.05) is 29.8 Å². The zero-order valence-electron chi connectivity index (χ0n) is 15.9. The summed E-state index contributed by atoms with van der Waals surface area (Å²) in [5.74, 6) is -0.246. The number of hydrogen-bond donors (Lipinski definition) is 1. The van der Waals surface area contributed by atoms with Crippen LogP contribution in [0.1, 0.15) is 36.4 Å². The van der Waals surface area contributed by atoms with Crippen LogP contribution in [-0.4, -0.2) is 31.1 Å². The summed E-state index contributed by atoms with van der Waals surface area (Å²) < 4.78 is 28.7. The van der Waals surface area contributed by atoms with Crippen LogP contribution in [0.5, 0.6) is 0 Å². The molecule has 1 aromatic heterocycles. The van der Waals surface area contributed by atoms with Crippen molar-refractivity contribution < 1.29 is 17.4 Å². The third-order valence-electron chi connectivity index (χ3n) is 4.14. The highest BCUT2D eigenvalue weighted by molar-refractivity contribution is 7.86. The van der Waals surface area contributed by atoms with Crippen LogP contribution in [0, 0.1) is 13.8 Å². The normalized spacial score (nSPS) is 17.0. The number of carbonyl (C=O) groups excluding carboxylic acids is 1. The van der Waals surface area contributed by atoms with Gasteiger partial charge < -0.3 is 9.50 Å². The van der Waals surface area contributed by atoms with E-state index < -0.39 is 15.7 Å². The summed E-state index contributed by atoms with van der Waals surface area (Å²) in [4.78, 5) is 18.2. The fourth-order valence-electron chi connectivity index (χ4n) is 2.97. The van der Waals surface area contributed by atoms with E-state index in [0.717, 1.165) is 27.3 Å².